The van der Waals surface area contributed by atoms with Crippen LogP contribution in [0.25, 0.3) is 11.3 Å². The molecule has 8 heteroatoms. The second kappa shape index (κ2) is 6.66. The lowest BCUT2D eigenvalue weighted by Crippen LogP contribution is -2.25. The number of thiazole rings is 1. The summed E-state index contributed by atoms with van der Waals surface area (Å²) < 4.78 is 7.22. The summed E-state index contributed by atoms with van der Waals surface area (Å²) in [5.41, 5.74) is 2.50. The van der Waals surface area contributed by atoms with Crippen molar-refractivity contribution in [3.8, 4) is 17.0 Å². The molecule has 2 aromatic heterocycles. The topological polar surface area (TPSA) is 68.0 Å². The fourth-order valence-corrected chi connectivity index (χ4v) is 3.87. The first-order chi connectivity index (χ1) is 12.2. The Morgan fingerprint density at radius 2 is 2.24 bits per heavy atom. The van der Waals surface area contributed by atoms with E-state index in [9.17, 15) is 4.79 Å². The van der Waals surface area contributed by atoms with Crippen LogP contribution in [0.1, 0.15) is 4.88 Å². The van der Waals surface area contributed by atoms with Crippen LogP contribution in [0.15, 0.2) is 51.2 Å². The van der Waals surface area contributed by atoms with Gasteiger partial charge in [0.1, 0.15) is 5.75 Å². The first-order valence-corrected chi connectivity index (χ1v) is 9.29. The third-order valence-electron chi connectivity index (χ3n) is 3.63. The lowest BCUT2D eigenvalue weighted by molar-refractivity contribution is -0.118. The highest BCUT2D eigenvalue weighted by molar-refractivity contribution is 7.11. The van der Waals surface area contributed by atoms with Crippen LogP contribution >= 0.6 is 22.7 Å². The number of amides is 1. The Bertz CT molecular complexity index is 1020. The molecule has 0 fully saturated rings. The highest BCUT2D eigenvalue weighted by Crippen LogP contribution is 2.32. The molecule has 0 saturated heterocycles. The normalized spacial score (nSPS) is 14.4. The number of fused-ring (bicyclic) bond motifs is 1. The van der Waals surface area contributed by atoms with Crippen LogP contribution in [-0.2, 0) is 4.79 Å². The van der Waals surface area contributed by atoms with Gasteiger partial charge in [-0.05, 0) is 29.6 Å². The maximum absolute atomic E-state index is 11.5. The van der Waals surface area contributed by atoms with Crippen LogP contribution in [0.2, 0.25) is 0 Å². The van der Waals surface area contributed by atoms with Gasteiger partial charge in [-0.15, -0.1) is 22.7 Å². The minimum absolute atomic E-state index is 0.0504. The van der Waals surface area contributed by atoms with E-state index in [4.69, 9.17) is 4.74 Å². The fourth-order valence-electron chi connectivity index (χ4n) is 2.48. The van der Waals surface area contributed by atoms with Gasteiger partial charge >= 0.3 is 0 Å². The van der Waals surface area contributed by atoms with E-state index >= 15 is 0 Å². The molecule has 0 aliphatic carbocycles. The third kappa shape index (κ3) is 3.13. The largest absolute Gasteiger partial charge is 0.482 e. The predicted octanol–water partition coefficient (Wildman–Crippen LogP) is 3.02. The molecular weight excluding hydrogens is 356 g/mol. The van der Waals surface area contributed by atoms with E-state index in [1.54, 1.807) is 23.1 Å². The monoisotopic (exact) mass is 370 g/mol. The molecule has 0 unspecified atom stereocenters. The molecule has 4 rings (SSSR count). The molecule has 1 aromatic carbocycles. The van der Waals surface area contributed by atoms with Gasteiger partial charge < -0.3 is 10.1 Å². The molecule has 1 aliphatic heterocycles. The van der Waals surface area contributed by atoms with Crippen molar-refractivity contribution in [2.75, 3.05) is 19.0 Å². The summed E-state index contributed by atoms with van der Waals surface area (Å²) in [5.74, 6) is 0.524. The van der Waals surface area contributed by atoms with Gasteiger partial charge in [0.25, 0.3) is 5.91 Å². The second-order valence-corrected chi connectivity index (χ2v) is 7.06. The average Bonchev–Trinajstić information content (AvgIpc) is 3.28. The number of anilines is 1. The van der Waals surface area contributed by atoms with Crippen molar-refractivity contribution in [1.29, 1.82) is 0 Å². The molecule has 1 aliphatic rings. The summed E-state index contributed by atoms with van der Waals surface area (Å²) in [6.07, 6.45) is 1.82. The number of ether oxygens (including phenoxy) is 1. The zero-order valence-corrected chi connectivity index (χ0v) is 14.9. The number of rotatable bonds is 3. The van der Waals surface area contributed by atoms with Gasteiger partial charge in [0.15, 0.2) is 6.61 Å². The molecule has 0 saturated carbocycles. The lowest BCUT2D eigenvalue weighted by Gasteiger charge is -2.18. The summed E-state index contributed by atoms with van der Waals surface area (Å²) in [5, 5.41) is 11.4. The van der Waals surface area contributed by atoms with E-state index < -0.39 is 0 Å². The molecular formula is C17H14N4O2S2. The Labute approximate surface area is 151 Å². The standard InChI is InChI=1S/C17H14N4O2S2/c1-18-17-21(19-8-12-3-2-6-24-12)14(10-25-17)11-4-5-15-13(7-11)20-16(22)9-23-15/h2-8,10H,9H2,1H3,(H,20,22). The molecule has 126 valence electrons. The molecule has 3 heterocycles. The number of hydrogen-bond donors (Lipinski definition) is 1. The Kier molecular flexibility index (Phi) is 4.21. The maximum atomic E-state index is 11.5. The van der Waals surface area contributed by atoms with Crippen LogP contribution in [-0.4, -0.2) is 30.5 Å². The van der Waals surface area contributed by atoms with Crippen molar-refractivity contribution in [1.82, 2.24) is 4.68 Å². The molecule has 25 heavy (non-hydrogen) atoms. The Hall–Kier alpha value is -2.71. The predicted molar refractivity (Wildman–Crippen MR) is 101 cm³/mol. The number of nitrogens with one attached hydrogen (secondary N) is 1. The third-order valence-corrected chi connectivity index (χ3v) is 5.34. The zero-order valence-electron chi connectivity index (χ0n) is 13.3. The van der Waals surface area contributed by atoms with Crippen LogP contribution in [0.5, 0.6) is 5.75 Å². The van der Waals surface area contributed by atoms with Crippen molar-refractivity contribution in [3.05, 3.63) is 50.8 Å². The number of carbonyl (C=O) groups is 1. The number of carbonyl (C=O) groups excluding carboxylic acids is 1. The van der Waals surface area contributed by atoms with Crippen LogP contribution in [0.4, 0.5) is 5.69 Å². The first kappa shape index (κ1) is 15.8. The lowest BCUT2D eigenvalue weighted by atomic mass is 10.1. The molecule has 0 radical (unpaired) electrons. The fraction of sp³-hybridized carbons (Fsp3) is 0.118. The van der Waals surface area contributed by atoms with Gasteiger partial charge in [-0.1, -0.05) is 6.07 Å². The average molecular weight is 370 g/mol. The first-order valence-electron chi connectivity index (χ1n) is 7.53. The van der Waals surface area contributed by atoms with Gasteiger partial charge in [-0.3, -0.25) is 9.79 Å². The van der Waals surface area contributed by atoms with E-state index in [-0.39, 0.29) is 12.5 Å². The molecule has 1 amide bonds. The summed E-state index contributed by atoms with van der Waals surface area (Å²) in [6.45, 7) is 0.0504. The highest BCUT2D eigenvalue weighted by Gasteiger charge is 2.17. The summed E-state index contributed by atoms with van der Waals surface area (Å²) in [6, 6.07) is 9.70. The van der Waals surface area contributed by atoms with E-state index in [0.717, 1.165) is 20.9 Å². The summed E-state index contributed by atoms with van der Waals surface area (Å²) in [4.78, 5) is 17.7. The van der Waals surface area contributed by atoms with Crippen molar-refractivity contribution < 1.29 is 9.53 Å². The van der Waals surface area contributed by atoms with E-state index in [2.05, 4.69) is 15.4 Å². The Morgan fingerprint density at radius 1 is 1.32 bits per heavy atom. The van der Waals surface area contributed by atoms with E-state index in [0.29, 0.717) is 11.4 Å². The maximum Gasteiger partial charge on any atom is 0.262 e. The smallest absolute Gasteiger partial charge is 0.262 e. The summed E-state index contributed by atoms with van der Waals surface area (Å²) in [7, 11) is 1.74. The van der Waals surface area contributed by atoms with Crippen molar-refractivity contribution in [2.45, 2.75) is 0 Å². The molecule has 1 N–H and O–H groups in total. The second-order valence-electron chi connectivity index (χ2n) is 5.25. The van der Waals surface area contributed by atoms with Gasteiger partial charge in [0, 0.05) is 22.9 Å². The van der Waals surface area contributed by atoms with Crippen LogP contribution in [0.3, 0.4) is 0 Å². The molecule has 6 nitrogen and oxygen atoms in total. The quantitative estimate of drug-likeness (QED) is 0.720. The van der Waals surface area contributed by atoms with E-state index in [1.807, 2.05) is 47.3 Å². The van der Waals surface area contributed by atoms with Crippen molar-refractivity contribution in [3.63, 3.8) is 0 Å². The minimum atomic E-state index is -0.150. The number of nitrogens with zero attached hydrogens (tertiary/aromatic N) is 3. The molecule has 0 atom stereocenters. The molecule has 3 aromatic rings. The highest BCUT2D eigenvalue weighted by atomic mass is 32.1. The number of hydrogen-bond acceptors (Lipinski definition) is 6. The number of benzene rings is 1. The van der Waals surface area contributed by atoms with Crippen molar-refractivity contribution >= 4 is 40.5 Å². The SMILES string of the molecule is CN=c1scc(-c2ccc3c(c2)NC(=O)CO3)n1N=Cc1cccs1. The van der Waals surface area contributed by atoms with Crippen LogP contribution < -0.4 is 14.9 Å². The van der Waals surface area contributed by atoms with Gasteiger partial charge in [-0.2, -0.15) is 5.10 Å². The van der Waals surface area contributed by atoms with Gasteiger partial charge in [0.05, 0.1) is 17.6 Å². The minimum Gasteiger partial charge on any atom is -0.482 e. The Morgan fingerprint density at radius 3 is 3.04 bits per heavy atom. The zero-order chi connectivity index (χ0) is 17.2. The number of aromatic nitrogens is 1. The van der Waals surface area contributed by atoms with Crippen LogP contribution in [0, 0.1) is 0 Å². The van der Waals surface area contributed by atoms with Crippen molar-refractivity contribution in [2.24, 2.45) is 10.1 Å². The molecule has 0 bridgehead atoms. The Balaban J connectivity index is 1.77. The van der Waals surface area contributed by atoms with E-state index in [1.165, 1.54) is 11.3 Å². The summed E-state index contributed by atoms with van der Waals surface area (Å²) >= 11 is 3.14. The van der Waals surface area contributed by atoms with Gasteiger partial charge in [0.2, 0.25) is 4.80 Å². The molecule has 0 spiro atoms. The van der Waals surface area contributed by atoms with Gasteiger partial charge in [-0.25, -0.2) is 4.68 Å². The number of thiophene rings is 1.